The standard InChI is InChI=1S/C15H21N5O3S/c1-11(2)14-17-15(23-18-14)20-9-7-19(8-10-20)12-5-3-4-6-13(12)24(16,21)22/h3-6,11H,7-10H2,1-2H3,(H2,16,21,22). The topological polar surface area (TPSA) is 106 Å². The van der Waals surface area contributed by atoms with E-state index in [0.29, 0.717) is 43.7 Å². The average Bonchev–Trinajstić information content (AvgIpc) is 3.04. The molecule has 3 rings (SSSR count). The molecule has 2 heterocycles. The van der Waals surface area contributed by atoms with E-state index in [1.165, 1.54) is 6.07 Å². The number of primary sulfonamides is 1. The molecule has 1 aliphatic rings. The molecule has 0 unspecified atom stereocenters. The highest BCUT2D eigenvalue weighted by Crippen LogP contribution is 2.26. The number of nitrogens with two attached hydrogens (primary N) is 1. The number of rotatable bonds is 4. The fourth-order valence-corrected chi connectivity index (χ4v) is 3.44. The van der Waals surface area contributed by atoms with Crippen LogP contribution in [0.3, 0.4) is 0 Å². The van der Waals surface area contributed by atoms with Crippen molar-refractivity contribution in [1.82, 2.24) is 10.1 Å². The summed E-state index contributed by atoms with van der Waals surface area (Å²) in [5.41, 5.74) is 0.632. The summed E-state index contributed by atoms with van der Waals surface area (Å²) in [4.78, 5) is 8.57. The predicted octanol–water partition coefficient (Wildman–Crippen LogP) is 1.17. The van der Waals surface area contributed by atoms with Gasteiger partial charge in [0.25, 0.3) is 0 Å². The van der Waals surface area contributed by atoms with Gasteiger partial charge in [-0.25, -0.2) is 13.6 Å². The molecule has 1 saturated heterocycles. The maximum atomic E-state index is 11.8. The van der Waals surface area contributed by atoms with Gasteiger partial charge in [-0.15, -0.1) is 0 Å². The van der Waals surface area contributed by atoms with Gasteiger partial charge in [0.15, 0.2) is 5.82 Å². The Morgan fingerprint density at radius 3 is 2.33 bits per heavy atom. The molecule has 0 spiro atoms. The van der Waals surface area contributed by atoms with E-state index in [-0.39, 0.29) is 10.8 Å². The largest absolute Gasteiger partial charge is 0.367 e. The van der Waals surface area contributed by atoms with Crippen molar-refractivity contribution in [1.29, 1.82) is 0 Å². The molecule has 2 aromatic rings. The Morgan fingerprint density at radius 2 is 1.75 bits per heavy atom. The molecular weight excluding hydrogens is 330 g/mol. The minimum absolute atomic E-state index is 0.151. The van der Waals surface area contributed by atoms with Crippen molar-refractivity contribution in [2.45, 2.75) is 24.7 Å². The molecule has 130 valence electrons. The van der Waals surface area contributed by atoms with Gasteiger partial charge in [0.05, 0.1) is 5.69 Å². The summed E-state index contributed by atoms with van der Waals surface area (Å²) in [5.74, 6) is 0.900. The minimum Gasteiger partial charge on any atom is -0.367 e. The highest BCUT2D eigenvalue weighted by Gasteiger charge is 2.25. The second-order valence-corrected chi connectivity index (χ2v) is 7.61. The zero-order chi connectivity index (χ0) is 17.3. The van der Waals surface area contributed by atoms with Crippen molar-refractivity contribution >= 4 is 21.7 Å². The third-order valence-electron chi connectivity index (χ3n) is 4.01. The molecule has 8 nitrogen and oxygen atoms in total. The quantitative estimate of drug-likeness (QED) is 0.881. The second kappa shape index (κ2) is 6.40. The van der Waals surface area contributed by atoms with Gasteiger partial charge in [-0.05, 0) is 12.1 Å². The maximum absolute atomic E-state index is 11.8. The van der Waals surface area contributed by atoms with Gasteiger partial charge in [0.2, 0.25) is 10.0 Å². The van der Waals surface area contributed by atoms with E-state index in [2.05, 4.69) is 10.1 Å². The zero-order valence-corrected chi connectivity index (χ0v) is 14.5. The summed E-state index contributed by atoms with van der Waals surface area (Å²) < 4.78 is 28.8. The van der Waals surface area contributed by atoms with Crippen LogP contribution in [0.15, 0.2) is 33.7 Å². The lowest BCUT2D eigenvalue weighted by molar-refractivity contribution is 0.400. The lowest BCUT2D eigenvalue weighted by Crippen LogP contribution is -2.47. The molecule has 0 saturated carbocycles. The van der Waals surface area contributed by atoms with Crippen molar-refractivity contribution in [2.75, 3.05) is 36.0 Å². The van der Waals surface area contributed by atoms with Gasteiger partial charge in [-0.1, -0.05) is 31.1 Å². The minimum atomic E-state index is -3.75. The molecule has 1 fully saturated rings. The molecule has 2 N–H and O–H groups in total. The summed E-state index contributed by atoms with van der Waals surface area (Å²) in [6, 6.07) is 7.30. The average molecular weight is 351 g/mol. The normalized spacial score (nSPS) is 16.0. The SMILES string of the molecule is CC(C)c1noc(N2CCN(c3ccccc3S(N)(=O)=O)CC2)n1. The summed E-state index contributed by atoms with van der Waals surface area (Å²) in [7, 11) is -3.75. The van der Waals surface area contributed by atoms with Crippen LogP contribution in [-0.4, -0.2) is 44.7 Å². The number of sulfonamides is 1. The third-order valence-corrected chi connectivity index (χ3v) is 4.97. The first-order valence-electron chi connectivity index (χ1n) is 7.81. The lowest BCUT2D eigenvalue weighted by atomic mass is 10.2. The van der Waals surface area contributed by atoms with Gasteiger partial charge in [0.1, 0.15) is 4.90 Å². The molecule has 24 heavy (non-hydrogen) atoms. The van der Waals surface area contributed by atoms with Crippen molar-refractivity contribution in [3.8, 4) is 0 Å². The lowest BCUT2D eigenvalue weighted by Gasteiger charge is -2.35. The summed E-state index contributed by atoms with van der Waals surface area (Å²) in [6.45, 7) is 6.64. The summed E-state index contributed by atoms with van der Waals surface area (Å²) in [5, 5.41) is 9.29. The van der Waals surface area contributed by atoms with E-state index in [1.54, 1.807) is 12.1 Å². The van der Waals surface area contributed by atoms with Gasteiger partial charge in [0, 0.05) is 32.1 Å². The number of para-hydroxylation sites is 1. The van der Waals surface area contributed by atoms with Gasteiger partial charge in [-0.2, -0.15) is 4.98 Å². The Balaban J connectivity index is 1.74. The number of nitrogens with zero attached hydrogens (tertiary/aromatic N) is 4. The number of benzene rings is 1. The Morgan fingerprint density at radius 1 is 1.12 bits per heavy atom. The van der Waals surface area contributed by atoms with Gasteiger partial charge >= 0.3 is 6.01 Å². The van der Waals surface area contributed by atoms with Crippen LogP contribution >= 0.6 is 0 Å². The smallest absolute Gasteiger partial charge is 0.324 e. The molecule has 0 bridgehead atoms. The molecule has 0 atom stereocenters. The Bertz CT molecular complexity index is 810. The van der Waals surface area contributed by atoms with Crippen molar-refractivity contribution < 1.29 is 12.9 Å². The van der Waals surface area contributed by atoms with Crippen LogP contribution in [-0.2, 0) is 10.0 Å². The fourth-order valence-electron chi connectivity index (χ4n) is 2.69. The molecule has 1 aliphatic heterocycles. The van der Waals surface area contributed by atoms with E-state index in [0.717, 1.165) is 0 Å². The van der Waals surface area contributed by atoms with Crippen LogP contribution in [0.1, 0.15) is 25.6 Å². The van der Waals surface area contributed by atoms with Crippen LogP contribution in [0.4, 0.5) is 11.7 Å². The van der Waals surface area contributed by atoms with E-state index in [1.807, 2.05) is 29.7 Å². The monoisotopic (exact) mass is 351 g/mol. The zero-order valence-electron chi connectivity index (χ0n) is 13.7. The van der Waals surface area contributed by atoms with Crippen LogP contribution in [0, 0.1) is 0 Å². The molecule has 1 aromatic carbocycles. The van der Waals surface area contributed by atoms with E-state index >= 15 is 0 Å². The number of aromatic nitrogens is 2. The maximum Gasteiger partial charge on any atom is 0.324 e. The van der Waals surface area contributed by atoms with Crippen LogP contribution < -0.4 is 14.9 Å². The number of hydrogen-bond donors (Lipinski definition) is 1. The van der Waals surface area contributed by atoms with Crippen molar-refractivity contribution in [3.05, 3.63) is 30.1 Å². The number of hydrogen-bond acceptors (Lipinski definition) is 7. The predicted molar refractivity (Wildman–Crippen MR) is 90.6 cm³/mol. The van der Waals surface area contributed by atoms with Crippen molar-refractivity contribution in [3.63, 3.8) is 0 Å². The Labute approximate surface area is 141 Å². The molecule has 9 heteroatoms. The molecular formula is C15H21N5O3S. The summed E-state index contributed by atoms with van der Waals surface area (Å²) >= 11 is 0. The number of anilines is 2. The molecule has 0 radical (unpaired) electrons. The Hall–Kier alpha value is -2.13. The molecule has 1 aromatic heterocycles. The highest BCUT2D eigenvalue weighted by molar-refractivity contribution is 7.89. The first-order valence-corrected chi connectivity index (χ1v) is 9.36. The first kappa shape index (κ1) is 16.7. The number of piperazine rings is 1. The molecule has 0 amide bonds. The van der Waals surface area contributed by atoms with E-state index in [4.69, 9.17) is 9.66 Å². The first-order chi connectivity index (χ1) is 11.4. The van der Waals surface area contributed by atoms with Crippen molar-refractivity contribution in [2.24, 2.45) is 5.14 Å². The fraction of sp³-hybridized carbons (Fsp3) is 0.467. The summed E-state index contributed by atoms with van der Waals surface area (Å²) in [6.07, 6.45) is 0. The highest BCUT2D eigenvalue weighted by atomic mass is 32.2. The van der Waals surface area contributed by atoms with E-state index < -0.39 is 10.0 Å². The Kier molecular flexibility index (Phi) is 4.46. The van der Waals surface area contributed by atoms with Crippen LogP contribution in [0.25, 0.3) is 0 Å². The second-order valence-electron chi connectivity index (χ2n) is 6.08. The van der Waals surface area contributed by atoms with Gasteiger partial charge < -0.3 is 14.3 Å². The van der Waals surface area contributed by atoms with Crippen LogP contribution in [0.2, 0.25) is 0 Å². The van der Waals surface area contributed by atoms with Gasteiger partial charge in [-0.3, -0.25) is 0 Å². The molecule has 0 aliphatic carbocycles. The van der Waals surface area contributed by atoms with E-state index in [9.17, 15) is 8.42 Å². The van der Waals surface area contributed by atoms with Crippen LogP contribution in [0.5, 0.6) is 0 Å². The third kappa shape index (κ3) is 3.36.